The van der Waals surface area contributed by atoms with Crippen LogP contribution in [0.25, 0.3) is 0 Å². The lowest BCUT2D eigenvalue weighted by Gasteiger charge is -2.05. The van der Waals surface area contributed by atoms with Crippen LogP contribution in [0.15, 0.2) is 24.3 Å². The van der Waals surface area contributed by atoms with Crippen LogP contribution in [0.5, 0.6) is 0 Å². The van der Waals surface area contributed by atoms with Crippen LogP contribution in [0.4, 0.5) is 0 Å². The topological polar surface area (TPSA) is 0 Å². The number of hydrogen-bond donors (Lipinski definition) is 0. The maximum Gasteiger partial charge on any atom is -0.0286 e. The second-order valence-electron chi connectivity index (χ2n) is 3.94. The molecule has 14 heavy (non-hydrogen) atoms. The summed E-state index contributed by atoms with van der Waals surface area (Å²) in [5.41, 5.74) is 1.65. The SMILES string of the molecule is C=CCCC(=CCCCC)CCCC. The van der Waals surface area contributed by atoms with Gasteiger partial charge in [0.25, 0.3) is 0 Å². The first-order valence-electron chi connectivity index (χ1n) is 6.13. The van der Waals surface area contributed by atoms with Gasteiger partial charge in [-0.15, -0.1) is 6.58 Å². The molecule has 0 aromatic carbocycles. The van der Waals surface area contributed by atoms with Gasteiger partial charge >= 0.3 is 0 Å². The lowest BCUT2D eigenvalue weighted by molar-refractivity contribution is 0.738. The van der Waals surface area contributed by atoms with E-state index in [2.05, 4.69) is 26.5 Å². The molecule has 0 radical (unpaired) electrons. The first-order chi connectivity index (χ1) is 6.85. The Kier molecular flexibility index (Phi) is 10.2. The zero-order chi connectivity index (χ0) is 10.6. The van der Waals surface area contributed by atoms with Crippen molar-refractivity contribution in [1.29, 1.82) is 0 Å². The fraction of sp³-hybridized carbons (Fsp3) is 0.714. The van der Waals surface area contributed by atoms with Gasteiger partial charge in [0.15, 0.2) is 0 Å². The molecule has 0 fully saturated rings. The minimum absolute atomic E-state index is 1.14. The molecule has 0 aliphatic carbocycles. The molecule has 0 nitrogen and oxygen atoms in total. The second kappa shape index (κ2) is 10.6. The fourth-order valence-corrected chi connectivity index (χ4v) is 1.53. The van der Waals surface area contributed by atoms with Gasteiger partial charge in [-0.05, 0) is 32.1 Å². The molecular formula is C14H26. The summed E-state index contributed by atoms with van der Waals surface area (Å²) in [4.78, 5) is 0. The summed E-state index contributed by atoms with van der Waals surface area (Å²) in [6.07, 6.45) is 14.7. The molecule has 0 rings (SSSR count). The maximum atomic E-state index is 3.78. The van der Waals surface area contributed by atoms with Crippen LogP contribution < -0.4 is 0 Å². The van der Waals surface area contributed by atoms with Gasteiger partial charge in [0.05, 0.1) is 0 Å². The van der Waals surface area contributed by atoms with Crippen LogP contribution in [0.3, 0.4) is 0 Å². The third-order valence-corrected chi connectivity index (χ3v) is 2.51. The van der Waals surface area contributed by atoms with E-state index in [9.17, 15) is 0 Å². The summed E-state index contributed by atoms with van der Waals surface area (Å²) < 4.78 is 0. The predicted molar refractivity (Wildman–Crippen MR) is 66.6 cm³/mol. The van der Waals surface area contributed by atoms with Crippen LogP contribution >= 0.6 is 0 Å². The molecule has 0 atom stereocenters. The number of allylic oxidation sites excluding steroid dienone is 3. The minimum atomic E-state index is 1.14. The predicted octanol–water partition coefficient (Wildman–Crippen LogP) is 5.26. The van der Waals surface area contributed by atoms with Gasteiger partial charge in [-0.3, -0.25) is 0 Å². The van der Waals surface area contributed by atoms with Crippen LogP contribution in [0.2, 0.25) is 0 Å². The van der Waals surface area contributed by atoms with E-state index in [1.165, 1.54) is 44.9 Å². The summed E-state index contributed by atoms with van der Waals surface area (Å²) in [5.74, 6) is 0. The van der Waals surface area contributed by atoms with Crippen molar-refractivity contribution in [2.75, 3.05) is 0 Å². The summed E-state index contributed by atoms with van der Waals surface area (Å²) in [5, 5.41) is 0. The molecule has 0 bridgehead atoms. The molecule has 0 spiro atoms. The Morgan fingerprint density at radius 2 is 1.71 bits per heavy atom. The number of unbranched alkanes of at least 4 members (excludes halogenated alkanes) is 3. The monoisotopic (exact) mass is 194 g/mol. The van der Waals surface area contributed by atoms with Crippen molar-refractivity contribution in [2.45, 2.75) is 65.2 Å². The number of rotatable bonds is 9. The highest BCUT2D eigenvalue weighted by molar-refractivity contribution is 5.03. The van der Waals surface area contributed by atoms with Gasteiger partial charge < -0.3 is 0 Å². The van der Waals surface area contributed by atoms with Crippen molar-refractivity contribution in [3.63, 3.8) is 0 Å². The second-order valence-corrected chi connectivity index (χ2v) is 3.94. The molecule has 0 heterocycles. The molecule has 0 aliphatic rings. The van der Waals surface area contributed by atoms with Gasteiger partial charge in [-0.25, -0.2) is 0 Å². The van der Waals surface area contributed by atoms with Gasteiger partial charge in [-0.2, -0.15) is 0 Å². The quantitative estimate of drug-likeness (QED) is 0.347. The molecule has 0 aromatic rings. The van der Waals surface area contributed by atoms with E-state index < -0.39 is 0 Å². The number of hydrogen-bond acceptors (Lipinski definition) is 0. The van der Waals surface area contributed by atoms with Crippen molar-refractivity contribution >= 4 is 0 Å². The Balaban J connectivity index is 3.80. The highest BCUT2D eigenvalue weighted by atomic mass is 14.0. The largest absolute Gasteiger partial charge is 0.103 e. The Hall–Kier alpha value is -0.520. The highest BCUT2D eigenvalue weighted by Gasteiger charge is 1.95. The van der Waals surface area contributed by atoms with Gasteiger partial charge in [0.2, 0.25) is 0 Å². The van der Waals surface area contributed by atoms with Crippen LogP contribution in [0, 0.1) is 0 Å². The lowest BCUT2D eigenvalue weighted by Crippen LogP contribution is -1.85. The van der Waals surface area contributed by atoms with Gasteiger partial charge in [0.1, 0.15) is 0 Å². The van der Waals surface area contributed by atoms with Crippen molar-refractivity contribution in [1.82, 2.24) is 0 Å². The summed E-state index contributed by atoms with van der Waals surface area (Å²) in [6.45, 7) is 8.30. The van der Waals surface area contributed by atoms with Gasteiger partial charge in [0, 0.05) is 0 Å². The molecule has 0 aliphatic heterocycles. The standard InChI is InChI=1S/C14H26/c1-4-7-10-13-14(11-8-5-2)12-9-6-3/h5,13H,2,4,6-12H2,1,3H3. The molecule has 0 saturated heterocycles. The van der Waals surface area contributed by atoms with Crippen LogP contribution in [-0.4, -0.2) is 0 Å². The highest BCUT2D eigenvalue weighted by Crippen LogP contribution is 2.15. The van der Waals surface area contributed by atoms with Crippen molar-refractivity contribution < 1.29 is 0 Å². The summed E-state index contributed by atoms with van der Waals surface area (Å²) >= 11 is 0. The molecule has 0 amide bonds. The first-order valence-corrected chi connectivity index (χ1v) is 6.13. The molecule has 0 saturated carbocycles. The van der Waals surface area contributed by atoms with Crippen LogP contribution in [-0.2, 0) is 0 Å². The van der Waals surface area contributed by atoms with Crippen molar-refractivity contribution in [2.24, 2.45) is 0 Å². The third kappa shape index (κ3) is 8.10. The fourth-order valence-electron chi connectivity index (χ4n) is 1.53. The van der Waals surface area contributed by atoms with E-state index in [1.54, 1.807) is 5.57 Å². The van der Waals surface area contributed by atoms with Crippen molar-refractivity contribution in [3.05, 3.63) is 24.3 Å². The summed E-state index contributed by atoms with van der Waals surface area (Å²) in [7, 11) is 0. The van der Waals surface area contributed by atoms with E-state index in [0.717, 1.165) is 6.42 Å². The Morgan fingerprint density at radius 3 is 2.29 bits per heavy atom. The van der Waals surface area contributed by atoms with Crippen LogP contribution in [0.1, 0.15) is 65.2 Å². The summed E-state index contributed by atoms with van der Waals surface area (Å²) in [6, 6.07) is 0. The molecule has 0 aromatic heterocycles. The first kappa shape index (κ1) is 13.5. The Bertz CT molecular complexity index is 153. The molecule has 82 valence electrons. The lowest BCUT2D eigenvalue weighted by atomic mass is 10.0. The Morgan fingerprint density at radius 1 is 1.00 bits per heavy atom. The van der Waals surface area contributed by atoms with E-state index in [1.807, 2.05) is 6.08 Å². The Labute approximate surface area is 90.1 Å². The van der Waals surface area contributed by atoms with E-state index >= 15 is 0 Å². The average molecular weight is 194 g/mol. The van der Waals surface area contributed by atoms with E-state index in [0.29, 0.717) is 0 Å². The van der Waals surface area contributed by atoms with Gasteiger partial charge in [-0.1, -0.05) is 50.8 Å². The smallest absolute Gasteiger partial charge is 0.0286 e. The van der Waals surface area contributed by atoms with Crippen molar-refractivity contribution in [3.8, 4) is 0 Å². The molecule has 0 heteroatoms. The maximum absolute atomic E-state index is 3.78. The average Bonchev–Trinajstić information content (AvgIpc) is 2.21. The normalized spacial score (nSPS) is 11.7. The molecule has 0 N–H and O–H groups in total. The third-order valence-electron chi connectivity index (χ3n) is 2.51. The molecular weight excluding hydrogens is 168 g/mol. The van der Waals surface area contributed by atoms with E-state index in [-0.39, 0.29) is 0 Å². The zero-order valence-corrected chi connectivity index (χ0v) is 10.0. The minimum Gasteiger partial charge on any atom is -0.103 e. The van der Waals surface area contributed by atoms with E-state index in [4.69, 9.17) is 0 Å². The molecule has 0 unspecified atom stereocenters. The zero-order valence-electron chi connectivity index (χ0n) is 10.0.